The molecule has 0 bridgehead atoms. The largest absolute Gasteiger partial charge is 0.490 e. The van der Waals surface area contributed by atoms with Crippen molar-refractivity contribution in [1.82, 2.24) is 14.5 Å². The van der Waals surface area contributed by atoms with Gasteiger partial charge in [0, 0.05) is 43.7 Å². The van der Waals surface area contributed by atoms with Crippen molar-refractivity contribution in [1.29, 1.82) is 0 Å². The molecule has 2 fully saturated rings. The number of hydrogen-bond donors (Lipinski definition) is 0. The van der Waals surface area contributed by atoms with Gasteiger partial charge in [0.05, 0.1) is 17.8 Å². The van der Waals surface area contributed by atoms with Crippen molar-refractivity contribution < 1.29 is 22.7 Å². The van der Waals surface area contributed by atoms with E-state index in [1.54, 1.807) is 0 Å². The molecule has 3 aliphatic rings. The first-order chi connectivity index (χ1) is 19.1. The van der Waals surface area contributed by atoms with Crippen molar-refractivity contribution in [2.24, 2.45) is 5.41 Å². The van der Waals surface area contributed by atoms with E-state index >= 15 is 0 Å². The number of aromatic nitrogens is 2. The molecule has 6 nitrogen and oxygen atoms in total. The summed E-state index contributed by atoms with van der Waals surface area (Å²) in [6.45, 7) is 6.50. The molecule has 0 amide bonds. The summed E-state index contributed by atoms with van der Waals surface area (Å²) in [7, 11) is 2.08. The molecular weight excluding hydrogens is 517 g/mol. The Morgan fingerprint density at radius 2 is 1.75 bits per heavy atom. The number of imidazole rings is 1. The van der Waals surface area contributed by atoms with Crippen LogP contribution >= 0.6 is 0 Å². The van der Waals surface area contributed by atoms with E-state index in [-0.39, 0.29) is 17.3 Å². The molecule has 1 saturated heterocycles. The minimum Gasteiger partial charge on any atom is -0.490 e. The van der Waals surface area contributed by atoms with Crippen LogP contribution in [0.2, 0.25) is 0 Å². The highest BCUT2D eigenvalue weighted by molar-refractivity contribution is 5.96. The lowest BCUT2D eigenvalue weighted by molar-refractivity contribution is -0.137. The third kappa shape index (κ3) is 5.23. The SMILES string of the molecule is CCc1nc2n(c1C(=O)CCc1ccc(N3CC4(CC(Oc5ccc(C(F)(F)F)cc5)C4)C3)cc1)CCN(C)C2. The number of nitrogens with zero attached hydrogens (tertiary/aromatic N) is 4. The fourth-order valence-corrected chi connectivity index (χ4v) is 6.42. The molecular formula is C31H35F3N4O2. The number of carbonyl (C=O) groups is 1. The van der Waals surface area contributed by atoms with Crippen LogP contribution in [0.5, 0.6) is 5.75 Å². The van der Waals surface area contributed by atoms with Gasteiger partial charge in [-0.25, -0.2) is 4.98 Å². The first-order valence-electron chi connectivity index (χ1n) is 14.1. The van der Waals surface area contributed by atoms with E-state index in [9.17, 15) is 18.0 Å². The van der Waals surface area contributed by atoms with Crippen molar-refractivity contribution in [3.05, 3.63) is 76.9 Å². The summed E-state index contributed by atoms with van der Waals surface area (Å²) in [4.78, 5) is 22.6. The number of alkyl halides is 3. The molecule has 0 atom stereocenters. The van der Waals surface area contributed by atoms with Gasteiger partial charge in [0.25, 0.3) is 0 Å². The van der Waals surface area contributed by atoms with Crippen molar-refractivity contribution in [2.45, 2.75) is 64.4 Å². The highest BCUT2D eigenvalue weighted by atomic mass is 19.4. The molecule has 1 saturated carbocycles. The maximum Gasteiger partial charge on any atom is 0.416 e. The number of carbonyl (C=O) groups excluding carboxylic acids is 1. The smallest absolute Gasteiger partial charge is 0.416 e. The summed E-state index contributed by atoms with van der Waals surface area (Å²) in [6, 6.07) is 13.5. The van der Waals surface area contributed by atoms with Gasteiger partial charge < -0.3 is 14.2 Å². The van der Waals surface area contributed by atoms with Crippen molar-refractivity contribution >= 4 is 11.5 Å². The van der Waals surface area contributed by atoms with Gasteiger partial charge in [-0.1, -0.05) is 19.1 Å². The number of hydrogen-bond acceptors (Lipinski definition) is 5. The van der Waals surface area contributed by atoms with Gasteiger partial charge >= 0.3 is 6.18 Å². The van der Waals surface area contributed by atoms with Crippen LogP contribution in [0.4, 0.5) is 18.9 Å². The van der Waals surface area contributed by atoms with Crippen LogP contribution in [0, 0.1) is 5.41 Å². The average molecular weight is 553 g/mol. The topological polar surface area (TPSA) is 50.6 Å². The fourth-order valence-electron chi connectivity index (χ4n) is 6.42. The quantitative estimate of drug-likeness (QED) is 0.332. The zero-order valence-electron chi connectivity index (χ0n) is 23.0. The zero-order chi connectivity index (χ0) is 28.1. The summed E-state index contributed by atoms with van der Waals surface area (Å²) >= 11 is 0. The van der Waals surface area contributed by atoms with Crippen LogP contribution in [0.25, 0.3) is 0 Å². The Kier molecular flexibility index (Phi) is 6.89. The number of halogens is 3. The van der Waals surface area contributed by atoms with Crippen LogP contribution in [0.1, 0.15) is 59.3 Å². The molecule has 1 aromatic heterocycles. The summed E-state index contributed by atoms with van der Waals surface area (Å²) in [5, 5.41) is 0. The van der Waals surface area contributed by atoms with E-state index in [4.69, 9.17) is 9.72 Å². The highest BCUT2D eigenvalue weighted by Gasteiger charge is 2.53. The lowest BCUT2D eigenvalue weighted by atomic mass is 9.61. The van der Waals surface area contributed by atoms with Crippen molar-refractivity contribution in [3.8, 4) is 5.75 Å². The molecule has 2 aliphatic heterocycles. The molecule has 1 aliphatic carbocycles. The minimum atomic E-state index is -4.33. The van der Waals surface area contributed by atoms with Gasteiger partial charge in [0.15, 0.2) is 5.78 Å². The van der Waals surface area contributed by atoms with Crippen LogP contribution in [0.3, 0.4) is 0 Å². The number of aryl methyl sites for hydroxylation is 2. The molecule has 40 heavy (non-hydrogen) atoms. The van der Waals surface area contributed by atoms with Gasteiger partial charge in [0.2, 0.25) is 0 Å². The van der Waals surface area contributed by atoms with Crippen LogP contribution < -0.4 is 9.64 Å². The van der Waals surface area contributed by atoms with E-state index in [0.717, 1.165) is 86.9 Å². The summed E-state index contributed by atoms with van der Waals surface area (Å²) < 4.78 is 46.3. The highest BCUT2D eigenvalue weighted by Crippen LogP contribution is 2.51. The van der Waals surface area contributed by atoms with E-state index in [2.05, 4.69) is 52.6 Å². The Hall–Kier alpha value is -3.33. The van der Waals surface area contributed by atoms with E-state index in [1.165, 1.54) is 17.8 Å². The summed E-state index contributed by atoms with van der Waals surface area (Å²) in [5.41, 5.74) is 3.62. The Bertz CT molecular complexity index is 1370. The number of fused-ring (bicyclic) bond motifs is 1. The van der Waals surface area contributed by atoms with Gasteiger partial charge in [-0.05, 0) is 74.7 Å². The van der Waals surface area contributed by atoms with Gasteiger partial charge in [-0.2, -0.15) is 13.2 Å². The van der Waals surface area contributed by atoms with Crippen LogP contribution in [-0.2, 0) is 32.1 Å². The predicted octanol–water partition coefficient (Wildman–Crippen LogP) is 5.77. The lowest BCUT2D eigenvalue weighted by Gasteiger charge is -2.59. The van der Waals surface area contributed by atoms with Gasteiger partial charge in [-0.15, -0.1) is 0 Å². The number of rotatable bonds is 8. The molecule has 3 heterocycles. The monoisotopic (exact) mass is 552 g/mol. The second-order valence-corrected chi connectivity index (χ2v) is 11.7. The first kappa shape index (κ1) is 26.9. The average Bonchev–Trinajstić information content (AvgIpc) is 3.26. The molecule has 9 heteroatoms. The van der Waals surface area contributed by atoms with E-state index in [1.807, 2.05) is 0 Å². The lowest BCUT2D eigenvalue weighted by Crippen LogP contribution is -2.64. The van der Waals surface area contributed by atoms with Crippen LogP contribution in [0.15, 0.2) is 48.5 Å². The molecule has 2 aromatic carbocycles. The summed E-state index contributed by atoms with van der Waals surface area (Å²) in [5.74, 6) is 1.66. The Balaban J connectivity index is 0.976. The van der Waals surface area contributed by atoms with E-state index in [0.29, 0.717) is 18.6 Å². The maximum atomic E-state index is 13.2. The summed E-state index contributed by atoms with van der Waals surface area (Å²) in [6.07, 6.45) is -0.512. The normalized spacial score (nSPS) is 18.8. The number of anilines is 1. The molecule has 212 valence electrons. The third-order valence-electron chi connectivity index (χ3n) is 8.64. The second kappa shape index (κ2) is 10.3. The van der Waals surface area contributed by atoms with E-state index < -0.39 is 11.7 Å². The number of Topliss-reactive ketones (excluding diaryl/α,β-unsaturated/α-hetero) is 1. The predicted molar refractivity (Wildman–Crippen MR) is 147 cm³/mol. The minimum absolute atomic E-state index is 0.0503. The maximum absolute atomic E-state index is 13.2. The van der Waals surface area contributed by atoms with Gasteiger partial charge in [-0.3, -0.25) is 9.69 Å². The third-order valence-corrected chi connectivity index (χ3v) is 8.64. The Morgan fingerprint density at radius 1 is 1.05 bits per heavy atom. The van der Waals surface area contributed by atoms with Crippen molar-refractivity contribution in [2.75, 3.05) is 31.6 Å². The molecule has 3 aromatic rings. The molecule has 0 radical (unpaired) electrons. The number of ketones is 1. The zero-order valence-corrected chi connectivity index (χ0v) is 23.0. The first-order valence-corrected chi connectivity index (χ1v) is 14.1. The van der Waals surface area contributed by atoms with Crippen molar-refractivity contribution in [3.63, 3.8) is 0 Å². The Morgan fingerprint density at radius 3 is 2.40 bits per heavy atom. The number of likely N-dealkylation sites (N-methyl/N-ethyl adjacent to an activating group) is 1. The number of benzene rings is 2. The number of ether oxygens (including phenoxy) is 1. The standard InChI is InChI=1S/C31H35F3N4O2/c1-3-26-29(38-15-14-36(2)18-28(38)35-26)27(39)13-6-21-4-9-23(10-5-21)37-19-30(20-37)16-25(17-30)40-24-11-7-22(8-12-24)31(32,33)34/h4-5,7-12,25H,3,6,13-20H2,1-2H3. The molecule has 0 N–H and O–H groups in total. The Labute approximate surface area is 232 Å². The van der Waals surface area contributed by atoms with Gasteiger partial charge in [0.1, 0.15) is 23.4 Å². The molecule has 1 spiro atoms. The molecule has 0 unspecified atom stereocenters. The fraction of sp³-hybridized carbons (Fsp3) is 0.484. The molecule has 6 rings (SSSR count). The second-order valence-electron chi connectivity index (χ2n) is 11.7. The van der Waals surface area contributed by atoms with Crippen LogP contribution in [-0.4, -0.2) is 53.0 Å².